The zero-order valence-corrected chi connectivity index (χ0v) is 22.9. The zero-order valence-electron chi connectivity index (χ0n) is 22.9. The first kappa shape index (κ1) is 29.7. The lowest BCUT2D eigenvalue weighted by molar-refractivity contribution is -0.121. The maximum Gasteiger partial charge on any atom is 0.407 e. The molecule has 0 saturated heterocycles. The van der Waals surface area contributed by atoms with Gasteiger partial charge in [-0.3, -0.25) is 9.59 Å². The number of carbonyl (C=O) groups is 3. The van der Waals surface area contributed by atoms with Crippen LogP contribution in [-0.4, -0.2) is 36.7 Å². The number of rotatable bonds is 11. The van der Waals surface area contributed by atoms with E-state index in [1.165, 1.54) is 5.56 Å². The Morgan fingerprint density at radius 1 is 0.811 bits per heavy atom. The smallest absolute Gasteiger partial charge is 0.407 e. The van der Waals surface area contributed by atoms with Gasteiger partial charge < -0.3 is 25.4 Å². The van der Waals surface area contributed by atoms with Crippen molar-refractivity contribution in [3.63, 3.8) is 0 Å². The summed E-state index contributed by atoms with van der Waals surface area (Å²) < 4.78 is 10.9. The van der Waals surface area contributed by atoms with Crippen LogP contribution >= 0.6 is 0 Å². The Morgan fingerprint density at radius 2 is 1.49 bits per heavy atom. The van der Waals surface area contributed by atoms with Crippen LogP contribution in [0.5, 0.6) is 5.75 Å². The lowest BCUT2D eigenvalue weighted by atomic mass is 9.87. The zero-order chi connectivity index (χ0) is 27.5. The van der Waals surface area contributed by atoms with Crippen LogP contribution < -0.4 is 20.7 Å². The molecule has 0 atom stereocenters. The van der Waals surface area contributed by atoms with Gasteiger partial charge in [-0.2, -0.15) is 0 Å². The molecule has 0 saturated carbocycles. The average Bonchev–Trinajstić information content (AvgIpc) is 2.80. The number of amides is 3. The summed E-state index contributed by atoms with van der Waals surface area (Å²) in [6.45, 7) is 12.7. The minimum Gasteiger partial charge on any atom is -0.494 e. The number of anilines is 1. The SMILES string of the molecule is CC(C)(C)OC(=O)NCCC(=O)NCc1ccccc1NC(=O)CCCOc1ccc(C(C)(C)C)cc1. The molecule has 2 aromatic carbocycles. The molecule has 0 aliphatic carbocycles. The highest BCUT2D eigenvalue weighted by atomic mass is 16.6. The highest BCUT2D eigenvalue weighted by Crippen LogP contribution is 2.24. The minimum absolute atomic E-state index is 0.0920. The summed E-state index contributed by atoms with van der Waals surface area (Å²) in [6, 6.07) is 15.4. The summed E-state index contributed by atoms with van der Waals surface area (Å²) in [5, 5.41) is 8.29. The van der Waals surface area contributed by atoms with Gasteiger partial charge in [0.25, 0.3) is 0 Å². The van der Waals surface area contributed by atoms with Crippen molar-refractivity contribution >= 4 is 23.6 Å². The minimum atomic E-state index is -0.591. The molecular formula is C29H41N3O5. The molecule has 2 aromatic rings. The number of ether oxygens (including phenoxy) is 2. The van der Waals surface area contributed by atoms with Crippen molar-refractivity contribution in [2.45, 2.75) is 78.4 Å². The summed E-state index contributed by atoms with van der Waals surface area (Å²) in [5.74, 6) is 0.452. The molecule has 0 spiro atoms. The molecule has 202 valence electrons. The number of carbonyl (C=O) groups excluding carboxylic acids is 3. The fourth-order valence-corrected chi connectivity index (χ4v) is 3.36. The largest absolute Gasteiger partial charge is 0.494 e. The molecular weight excluding hydrogens is 470 g/mol. The molecule has 37 heavy (non-hydrogen) atoms. The molecule has 8 heteroatoms. The van der Waals surface area contributed by atoms with Gasteiger partial charge in [-0.15, -0.1) is 0 Å². The van der Waals surface area contributed by atoms with Crippen molar-refractivity contribution in [1.82, 2.24) is 10.6 Å². The molecule has 3 N–H and O–H groups in total. The average molecular weight is 512 g/mol. The number of hydrogen-bond acceptors (Lipinski definition) is 5. The molecule has 0 bridgehead atoms. The molecule has 0 aliphatic rings. The third kappa shape index (κ3) is 11.8. The number of benzene rings is 2. The second-order valence-corrected chi connectivity index (χ2v) is 10.9. The fourth-order valence-electron chi connectivity index (χ4n) is 3.36. The van der Waals surface area contributed by atoms with E-state index in [-0.39, 0.29) is 36.7 Å². The van der Waals surface area contributed by atoms with Gasteiger partial charge in [0.15, 0.2) is 0 Å². The lowest BCUT2D eigenvalue weighted by Gasteiger charge is -2.19. The Kier molecular flexibility index (Phi) is 11.0. The van der Waals surface area contributed by atoms with E-state index in [1.54, 1.807) is 26.8 Å². The first-order valence-corrected chi connectivity index (χ1v) is 12.7. The molecule has 0 heterocycles. The van der Waals surface area contributed by atoms with Gasteiger partial charge in [0.2, 0.25) is 11.8 Å². The highest BCUT2D eigenvalue weighted by molar-refractivity contribution is 5.91. The van der Waals surface area contributed by atoms with Crippen molar-refractivity contribution in [2.24, 2.45) is 0 Å². The maximum absolute atomic E-state index is 12.5. The molecule has 2 rings (SSSR count). The van der Waals surface area contributed by atoms with Gasteiger partial charge in [0.1, 0.15) is 11.4 Å². The summed E-state index contributed by atoms with van der Waals surface area (Å²) in [7, 11) is 0. The predicted molar refractivity (Wildman–Crippen MR) is 146 cm³/mol. The van der Waals surface area contributed by atoms with Crippen molar-refractivity contribution < 1.29 is 23.9 Å². The second kappa shape index (κ2) is 13.7. The van der Waals surface area contributed by atoms with E-state index in [9.17, 15) is 14.4 Å². The molecule has 8 nitrogen and oxygen atoms in total. The van der Waals surface area contributed by atoms with Gasteiger partial charge in [-0.05, 0) is 61.9 Å². The van der Waals surface area contributed by atoms with Crippen LogP contribution in [0.15, 0.2) is 48.5 Å². The Balaban J connectivity index is 1.72. The monoisotopic (exact) mass is 511 g/mol. The lowest BCUT2D eigenvalue weighted by Crippen LogP contribution is -2.35. The first-order chi connectivity index (χ1) is 17.3. The summed E-state index contributed by atoms with van der Waals surface area (Å²) >= 11 is 0. The Labute approximate surface area is 220 Å². The molecule has 0 aromatic heterocycles. The molecule has 3 amide bonds. The van der Waals surface area contributed by atoms with Crippen molar-refractivity contribution in [2.75, 3.05) is 18.5 Å². The standard InChI is InChI=1S/C29H41N3O5/c1-28(2,3)22-13-15-23(16-14-22)36-19-9-12-26(34)32-24-11-8-7-10-21(24)20-31-25(33)17-18-30-27(35)37-29(4,5)6/h7-8,10-11,13-16H,9,12,17-20H2,1-6H3,(H,30,35)(H,31,33)(H,32,34). The maximum atomic E-state index is 12.5. The van der Waals surface area contributed by atoms with Crippen molar-refractivity contribution in [3.8, 4) is 5.75 Å². The van der Waals surface area contributed by atoms with Crippen LogP contribution in [0.1, 0.15) is 71.9 Å². The topological polar surface area (TPSA) is 106 Å². The van der Waals surface area contributed by atoms with E-state index >= 15 is 0 Å². The third-order valence-corrected chi connectivity index (χ3v) is 5.32. The van der Waals surface area contributed by atoms with Crippen LogP contribution in [0.25, 0.3) is 0 Å². The van der Waals surface area contributed by atoms with Crippen molar-refractivity contribution in [3.05, 3.63) is 59.7 Å². The van der Waals surface area contributed by atoms with Gasteiger partial charge in [-0.1, -0.05) is 51.1 Å². The number of alkyl carbamates (subject to hydrolysis) is 1. The van der Waals surface area contributed by atoms with E-state index in [0.29, 0.717) is 25.1 Å². The van der Waals surface area contributed by atoms with E-state index < -0.39 is 11.7 Å². The van der Waals surface area contributed by atoms with Gasteiger partial charge in [-0.25, -0.2) is 4.79 Å². The number of hydrogen-bond donors (Lipinski definition) is 3. The predicted octanol–water partition coefficient (Wildman–Crippen LogP) is 5.31. The summed E-state index contributed by atoms with van der Waals surface area (Å²) in [5.41, 5.74) is 2.19. The first-order valence-electron chi connectivity index (χ1n) is 12.7. The van der Waals surface area contributed by atoms with Crippen LogP contribution in [0.2, 0.25) is 0 Å². The van der Waals surface area contributed by atoms with Crippen LogP contribution in [0.4, 0.5) is 10.5 Å². The quantitative estimate of drug-likeness (QED) is 0.355. The highest BCUT2D eigenvalue weighted by Gasteiger charge is 2.16. The van der Waals surface area contributed by atoms with Crippen molar-refractivity contribution in [1.29, 1.82) is 0 Å². The van der Waals surface area contributed by atoms with E-state index in [0.717, 1.165) is 11.3 Å². The van der Waals surface area contributed by atoms with Crippen LogP contribution in [-0.2, 0) is 26.3 Å². The van der Waals surface area contributed by atoms with Crippen LogP contribution in [0.3, 0.4) is 0 Å². The van der Waals surface area contributed by atoms with E-state index in [2.05, 4.69) is 48.9 Å². The molecule has 0 unspecified atom stereocenters. The third-order valence-electron chi connectivity index (χ3n) is 5.32. The second-order valence-electron chi connectivity index (χ2n) is 10.9. The van der Waals surface area contributed by atoms with E-state index in [1.807, 2.05) is 30.3 Å². The number of para-hydroxylation sites is 1. The van der Waals surface area contributed by atoms with Gasteiger partial charge >= 0.3 is 6.09 Å². The Morgan fingerprint density at radius 3 is 2.14 bits per heavy atom. The fraction of sp³-hybridized carbons (Fsp3) is 0.483. The summed E-state index contributed by atoms with van der Waals surface area (Å²) in [6.07, 6.45) is 0.456. The number of nitrogens with one attached hydrogen (secondary N) is 3. The molecule has 0 radical (unpaired) electrons. The van der Waals surface area contributed by atoms with E-state index in [4.69, 9.17) is 9.47 Å². The Hall–Kier alpha value is -3.55. The van der Waals surface area contributed by atoms with Gasteiger partial charge in [0.05, 0.1) is 6.61 Å². The molecule has 0 fully saturated rings. The normalized spacial score (nSPS) is 11.4. The summed E-state index contributed by atoms with van der Waals surface area (Å²) in [4.78, 5) is 36.3. The Bertz CT molecular complexity index is 1040. The van der Waals surface area contributed by atoms with Gasteiger partial charge in [0, 0.05) is 31.6 Å². The van der Waals surface area contributed by atoms with Crippen LogP contribution in [0, 0.1) is 0 Å². The molecule has 0 aliphatic heterocycles.